The van der Waals surface area contributed by atoms with Gasteiger partial charge < -0.3 is 9.47 Å². The van der Waals surface area contributed by atoms with Gasteiger partial charge in [-0.15, -0.1) is 0 Å². The van der Waals surface area contributed by atoms with E-state index < -0.39 is 0 Å². The lowest BCUT2D eigenvalue weighted by Gasteiger charge is -2.31. The Balaban J connectivity index is 1.72. The third kappa shape index (κ3) is 3.51. The molecule has 0 spiro atoms. The molecule has 26 heavy (non-hydrogen) atoms. The van der Waals surface area contributed by atoms with Crippen LogP contribution in [0.5, 0.6) is 0 Å². The summed E-state index contributed by atoms with van der Waals surface area (Å²) in [5.74, 6) is 1.53. The fourth-order valence-electron chi connectivity index (χ4n) is 3.33. The second-order valence-electron chi connectivity index (χ2n) is 7.11. The van der Waals surface area contributed by atoms with Crippen LogP contribution in [0.25, 0.3) is 11.5 Å². The molecule has 4 nitrogen and oxygen atoms in total. The number of anilines is 1. The zero-order valence-corrected chi connectivity index (χ0v) is 17.1. The molecule has 0 atom stereocenters. The zero-order valence-electron chi connectivity index (χ0n) is 14.8. The maximum Gasteiger partial charge on any atom is 0.162 e. The number of benzene rings is 1. The first-order valence-electron chi connectivity index (χ1n) is 8.71. The second kappa shape index (κ2) is 7.05. The number of pyridine rings is 1. The van der Waals surface area contributed by atoms with E-state index in [1.165, 1.54) is 5.56 Å². The van der Waals surface area contributed by atoms with Gasteiger partial charge in [-0.05, 0) is 52.0 Å². The van der Waals surface area contributed by atoms with Crippen LogP contribution in [0.2, 0.25) is 5.02 Å². The Hall–Kier alpha value is -1.85. The van der Waals surface area contributed by atoms with Crippen molar-refractivity contribution in [3.8, 4) is 11.5 Å². The highest BCUT2D eigenvalue weighted by Gasteiger charge is 2.25. The summed E-state index contributed by atoms with van der Waals surface area (Å²) < 4.78 is 3.18. The van der Waals surface area contributed by atoms with E-state index >= 15 is 0 Å². The van der Waals surface area contributed by atoms with Gasteiger partial charge in [0.2, 0.25) is 0 Å². The van der Waals surface area contributed by atoms with Gasteiger partial charge in [-0.1, -0.05) is 37.6 Å². The van der Waals surface area contributed by atoms with Gasteiger partial charge in [-0.2, -0.15) is 0 Å². The summed E-state index contributed by atoms with van der Waals surface area (Å²) in [6, 6.07) is 10.1. The van der Waals surface area contributed by atoms with Gasteiger partial charge in [-0.25, -0.2) is 9.97 Å². The van der Waals surface area contributed by atoms with E-state index in [9.17, 15) is 0 Å². The number of halogens is 2. The molecule has 3 aromatic rings. The molecule has 0 fully saturated rings. The molecule has 0 bridgehead atoms. The Morgan fingerprint density at radius 3 is 2.73 bits per heavy atom. The molecule has 1 aromatic carbocycles. The van der Waals surface area contributed by atoms with Crippen LogP contribution >= 0.6 is 27.5 Å². The zero-order chi connectivity index (χ0) is 18.3. The third-order valence-electron chi connectivity index (χ3n) is 4.44. The largest absolute Gasteiger partial charge is 0.347 e. The minimum atomic E-state index is 0.578. The number of rotatable bonds is 4. The topological polar surface area (TPSA) is 34.0 Å². The molecule has 134 valence electrons. The highest BCUT2D eigenvalue weighted by atomic mass is 79.9. The van der Waals surface area contributed by atoms with Crippen molar-refractivity contribution in [2.45, 2.75) is 33.5 Å². The van der Waals surface area contributed by atoms with Crippen LogP contribution in [-0.4, -0.2) is 14.5 Å². The fraction of sp³-hybridized carbons (Fsp3) is 0.300. The van der Waals surface area contributed by atoms with Crippen LogP contribution in [0, 0.1) is 5.92 Å². The Labute approximate surface area is 167 Å². The summed E-state index contributed by atoms with van der Waals surface area (Å²) >= 11 is 9.58. The molecule has 0 saturated heterocycles. The smallest absolute Gasteiger partial charge is 0.162 e. The molecule has 4 rings (SSSR count). The number of fused-ring (bicyclic) bond motifs is 3. The van der Waals surface area contributed by atoms with E-state index in [1.807, 2.05) is 18.3 Å². The Morgan fingerprint density at radius 1 is 1.23 bits per heavy atom. The third-order valence-corrected chi connectivity index (χ3v) is 5.13. The van der Waals surface area contributed by atoms with Crippen molar-refractivity contribution in [1.29, 1.82) is 0 Å². The van der Waals surface area contributed by atoms with E-state index in [0.717, 1.165) is 52.0 Å². The second-order valence-corrected chi connectivity index (χ2v) is 8.46. The standard InChI is InChI=1S/C20H20BrClN4/c1-13(2)7-17-11-26-12-25(10-14-3-5-16(22)6-4-14)18-8-15(21)9-23-19(18)20(26)24-17/h3-6,8-9,11,13H,7,10,12H2,1-2H3. The van der Waals surface area contributed by atoms with Crippen molar-refractivity contribution in [2.75, 3.05) is 4.90 Å². The normalized spacial score (nSPS) is 13.0. The number of imidazole rings is 1. The van der Waals surface area contributed by atoms with Gasteiger partial charge in [0.05, 0.1) is 18.1 Å². The molecule has 0 amide bonds. The minimum Gasteiger partial charge on any atom is -0.347 e. The van der Waals surface area contributed by atoms with E-state index in [-0.39, 0.29) is 0 Å². The molecule has 1 aliphatic heterocycles. The average molecular weight is 432 g/mol. The molecule has 0 aliphatic carbocycles. The Morgan fingerprint density at radius 2 is 2.00 bits per heavy atom. The summed E-state index contributed by atoms with van der Waals surface area (Å²) in [6.45, 7) is 5.98. The lowest BCUT2D eigenvalue weighted by molar-refractivity contribution is 0.618. The summed E-state index contributed by atoms with van der Waals surface area (Å²) in [6.07, 6.45) is 4.98. The van der Waals surface area contributed by atoms with Crippen molar-refractivity contribution in [3.05, 3.63) is 63.5 Å². The number of aromatic nitrogens is 3. The first kappa shape index (κ1) is 17.6. The van der Waals surface area contributed by atoms with Crippen molar-refractivity contribution >= 4 is 33.2 Å². The molecule has 3 heterocycles. The van der Waals surface area contributed by atoms with Gasteiger partial charge >= 0.3 is 0 Å². The predicted molar refractivity (Wildman–Crippen MR) is 109 cm³/mol. The fourth-order valence-corrected chi connectivity index (χ4v) is 3.78. The summed E-state index contributed by atoms with van der Waals surface area (Å²) in [4.78, 5) is 11.8. The summed E-state index contributed by atoms with van der Waals surface area (Å²) in [5, 5.41) is 0.757. The van der Waals surface area contributed by atoms with Gasteiger partial charge in [0.15, 0.2) is 5.82 Å². The van der Waals surface area contributed by atoms with Crippen LogP contribution < -0.4 is 4.90 Å². The Bertz CT molecular complexity index is 933. The SMILES string of the molecule is CC(C)Cc1cn2c(n1)-c1ncc(Br)cc1N(Cc1ccc(Cl)cc1)C2. The molecule has 0 radical (unpaired) electrons. The quantitative estimate of drug-likeness (QED) is 0.544. The van der Waals surface area contributed by atoms with E-state index in [0.29, 0.717) is 5.92 Å². The van der Waals surface area contributed by atoms with Crippen LogP contribution in [0.15, 0.2) is 47.2 Å². The van der Waals surface area contributed by atoms with Crippen molar-refractivity contribution in [2.24, 2.45) is 5.92 Å². The number of hydrogen-bond donors (Lipinski definition) is 0. The molecule has 0 unspecified atom stereocenters. The van der Waals surface area contributed by atoms with Crippen molar-refractivity contribution in [3.63, 3.8) is 0 Å². The van der Waals surface area contributed by atoms with Crippen LogP contribution in [0.1, 0.15) is 25.1 Å². The van der Waals surface area contributed by atoms with E-state index in [1.54, 1.807) is 0 Å². The number of hydrogen-bond acceptors (Lipinski definition) is 3. The molecule has 2 aromatic heterocycles. The highest BCUT2D eigenvalue weighted by Crippen LogP contribution is 2.36. The van der Waals surface area contributed by atoms with Crippen LogP contribution in [0.3, 0.4) is 0 Å². The molecule has 0 N–H and O–H groups in total. The van der Waals surface area contributed by atoms with Crippen molar-refractivity contribution < 1.29 is 0 Å². The van der Waals surface area contributed by atoms with Gasteiger partial charge in [0.1, 0.15) is 5.69 Å². The number of nitrogens with zero attached hydrogens (tertiary/aromatic N) is 4. The predicted octanol–water partition coefficient (Wildman–Crippen LogP) is 5.54. The van der Waals surface area contributed by atoms with Crippen LogP contribution in [-0.2, 0) is 19.6 Å². The average Bonchev–Trinajstić information content (AvgIpc) is 2.98. The minimum absolute atomic E-state index is 0.578. The lowest BCUT2D eigenvalue weighted by atomic mass is 10.1. The lowest BCUT2D eigenvalue weighted by Crippen LogP contribution is -2.30. The first-order valence-corrected chi connectivity index (χ1v) is 9.88. The molecule has 1 aliphatic rings. The summed E-state index contributed by atoms with van der Waals surface area (Å²) in [7, 11) is 0. The van der Waals surface area contributed by atoms with E-state index in [2.05, 4.69) is 68.6 Å². The molecule has 0 saturated carbocycles. The van der Waals surface area contributed by atoms with Gasteiger partial charge in [-0.3, -0.25) is 0 Å². The molecular formula is C20H20BrClN4. The Kier molecular flexibility index (Phi) is 4.76. The van der Waals surface area contributed by atoms with Crippen LogP contribution in [0.4, 0.5) is 5.69 Å². The monoisotopic (exact) mass is 430 g/mol. The molecule has 6 heteroatoms. The maximum atomic E-state index is 6.03. The molecular weight excluding hydrogens is 412 g/mol. The summed E-state index contributed by atoms with van der Waals surface area (Å²) in [5.41, 5.74) is 4.37. The highest BCUT2D eigenvalue weighted by molar-refractivity contribution is 9.10. The van der Waals surface area contributed by atoms with E-state index in [4.69, 9.17) is 16.6 Å². The van der Waals surface area contributed by atoms with Crippen molar-refractivity contribution in [1.82, 2.24) is 14.5 Å². The van der Waals surface area contributed by atoms with Gasteiger partial charge in [0, 0.05) is 28.4 Å². The first-order chi connectivity index (χ1) is 12.5. The van der Waals surface area contributed by atoms with Gasteiger partial charge in [0.25, 0.3) is 0 Å². The maximum absolute atomic E-state index is 6.03.